The average molecular weight is 221 g/mol. The first-order chi connectivity index (χ1) is 7.69. The van der Waals surface area contributed by atoms with Gasteiger partial charge in [-0.15, -0.1) is 0 Å². The molecule has 0 radical (unpaired) electrons. The predicted molar refractivity (Wildman–Crippen MR) is 68.5 cm³/mol. The molecule has 2 N–H and O–H groups in total. The molecule has 0 bridgehead atoms. The second-order valence-electron chi connectivity index (χ2n) is 4.37. The number of para-hydroxylation sites is 1. The van der Waals surface area contributed by atoms with Crippen LogP contribution in [0.5, 0.6) is 5.75 Å². The molecule has 0 amide bonds. The largest absolute Gasteiger partial charge is 0.508 e. The summed E-state index contributed by atoms with van der Waals surface area (Å²) in [5.41, 5.74) is 0.973. The molecule has 1 aromatic rings. The predicted octanol–water partition coefficient (Wildman–Crippen LogP) is 3.31. The number of rotatable bonds is 6. The number of phenolic OH excluding ortho intramolecular Hbond substituents is 1. The van der Waals surface area contributed by atoms with Crippen LogP contribution in [0, 0.1) is 5.92 Å². The van der Waals surface area contributed by atoms with Gasteiger partial charge >= 0.3 is 0 Å². The molecular formula is C14H23NO. The van der Waals surface area contributed by atoms with Gasteiger partial charge in [-0.1, -0.05) is 44.9 Å². The molecule has 0 fully saturated rings. The normalized spacial score (nSPS) is 13.0. The Kier molecular flexibility index (Phi) is 5.33. The van der Waals surface area contributed by atoms with Crippen LogP contribution in [0.1, 0.15) is 39.2 Å². The molecule has 0 aliphatic carbocycles. The Labute approximate surface area is 98.7 Å². The van der Waals surface area contributed by atoms with Crippen LogP contribution in [-0.2, 0) is 6.54 Å². The van der Waals surface area contributed by atoms with Gasteiger partial charge in [0, 0.05) is 18.2 Å². The van der Waals surface area contributed by atoms with Gasteiger partial charge in [0.2, 0.25) is 0 Å². The van der Waals surface area contributed by atoms with Crippen LogP contribution >= 0.6 is 0 Å². The lowest BCUT2D eigenvalue weighted by Crippen LogP contribution is -2.32. The summed E-state index contributed by atoms with van der Waals surface area (Å²) in [4.78, 5) is 0. The van der Waals surface area contributed by atoms with Gasteiger partial charge in [0.15, 0.2) is 0 Å². The van der Waals surface area contributed by atoms with E-state index in [1.807, 2.05) is 18.2 Å². The molecule has 1 rings (SSSR count). The van der Waals surface area contributed by atoms with Crippen LogP contribution in [0.4, 0.5) is 0 Å². The monoisotopic (exact) mass is 221 g/mol. The van der Waals surface area contributed by atoms with Crippen LogP contribution in [0.2, 0.25) is 0 Å². The Hall–Kier alpha value is -1.02. The second-order valence-corrected chi connectivity index (χ2v) is 4.37. The molecule has 0 spiro atoms. The molecule has 0 saturated carbocycles. The third-order valence-corrected chi connectivity index (χ3v) is 3.36. The topological polar surface area (TPSA) is 32.3 Å². The first-order valence-corrected chi connectivity index (χ1v) is 6.19. The Bertz CT molecular complexity index is 307. The molecule has 2 nitrogen and oxygen atoms in total. The summed E-state index contributed by atoms with van der Waals surface area (Å²) in [6, 6.07) is 8.00. The maximum atomic E-state index is 9.64. The van der Waals surface area contributed by atoms with Gasteiger partial charge in [0.25, 0.3) is 0 Å². The number of phenols is 1. The number of hydrogen-bond donors (Lipinski definition) is 2. The number of nitrogens with one attached hydrogen (secondary N) is 1. The summed E-state index contributed by atoms with van der Waals surface area (Å²) in [7, 11) is 0. The van der Waals surface area contributed by atoms with Crippen molar-refractivity contribution in [1.82, 2.24) is 5.32 Å². The van der Waals surface area contributed by atoms with E-state index in [0.29, 0.717) is 17.7 Å². The molecule has 0 aliphatic rings. The fourth-order valence-electron chi connectivity index (χ4n) is 2.09. The van der Waals surface area contributed by atoms with Gasteiger partial charge < -0.3 is 10.4 Å². The summed E-state index contributed by atoms with van der Waals surface area (Å²) in [5, 5.41) is 13.1. The number of hydrogen-bond acceptors (Lipinski definition) is 2. The summed E-state index contributed by atoms with van der Waals surface area (Å²) < 4.78 is 0. The van der Waals surface area contributed by atoms with Crippen LogP contribution in [0.3, 0.4) is 0 Å². The van der Waals surface area contributed by atoms with E-state index in [9.17, 15) is 5.11 Å². The zero-order valence-corrected chi connectivity index (χ0v) is 10.5. The van der Waals surface area contributed by atoms with E-state index in [1.54, 1.807) is 6.07 Å². The number of aromatic hydroxyl groups is 1. The highest BCUT2D eigenvalue weighted by Gasteiger charge is 2.12. The van der Waals surface area contributed by atoms with E-state index in [-0.39, 0.29) is 0 Å². The molecule has 2 heteroatoms. The van der Waals surface area contributed by atoms with Crippen LogP contribution in [0.25, 0.3) is 0 Å². The van der Waals surface area contributed by atoms with E-state index in [2.05, 4.69) is 26.1 Å². The van der Waals surface area contributed by atoms with Gasteiger partial charge in [-0.25, -0.2) is 0 Å². The highest BCUT2D eigenvalue weighted by atomic mass is 16.3. The quantitative estimate of drug-likeness (QED) is 0.772. The molecule has 16 heavy (non-hydrogen) atoms. The minimum atomic E-state index is 0.381. The van der Waals surface area contributed by atoms with Crippen molar-refractivity contribution in [3.05, 3.63) is 29.8 Å². The lowest BCUT2D eigenvalue weighted by Gasteiger charge is -2.22. The minimum Gasteiger partial charge on any atom is -0.508 e. The van der Waals surface area contributed by atoms with Gasteiger partial charge in [-0.2, -0.15) is 0 Å². The van der Waals surface area contributed by atoms with Crippen molar-refractivity contribution >= 4 is 0 Å². The fourth-order valence-corrected chi connectivity index (χ4v) is 2.09. The molecule has 90 valence electrons. The van der Waals surface area contributed by atoms with Crippen molar-refractivity contribution in [2.75, 3.05) is 0 Å². The first-order valence-electron chi connectivity index (χ1n) is 6.19. The Balaban J connectivity index is 2.48. The van der Waals surface area contributed by atoms with Gasteiger partial charge in [-0.05, 0) is 18.9 Å². The summed E-state index contributed by atoms with van der Waals surface area (Å²) in [6.45, 7) is 7.42. The van der Waals surface area contributed by atoms with E-state index in [0.717, 1.165) is 12.1 Å². The maximum absolute atomic E-state index is 9.64. The Morgan fingerprint density at radius 3 is 2.38 bits per heavy atom. The van der Waals surface area contributed by atoms with Crippen molar-refractivity contribution in [3.8, 4) is 5.75 Å². The Morgan fingerprint density at radius 2 is 1.81 bits per heavy atom. The average Bonchev–Trinajstić information content (AvgIpc) is 2.29. The van der Waals surface area contributed by atoms with E-state index in [1.165, 1.54) is 12.8 Å². The zero-order valence-electron chi connectivity index (χ0n) is 10.5. The molecular weight excluding hydrogens is 198 g/mol. The minimum absolute atomic E-state index is 0.381. The van der Waals surface area contributed by atoms with E-state index in [4.69, 9.17) is 0 Å². The van der Waals surface area contributed by atoms with Crippen molar-refractivity contribution in [2.24, 2.45) is 5.92 Å². The molecule has 0 saturated heterocycles. The maximum Gasteiger partial charge on any atom is 0.120 e. The highest BCUT2D eigenvalue weighted by molar-refractivity contribution is 5.31. The lowest BCUT2D eigenvalue weighted by atomic mass is 9.95. The van der Waals surface area contributed by atoms with Gasteiger partial charge in [-0.3, -0.25) is 0 Å². The Morgan fingerprint density at radius 1 is 1.19 bits per heavy atom. The van der Waals surface area contributed by atoms with Gasteiger partial charge in [0.1, 0.15) is 5.75 Å². The molecule has 1 aromatic carbocycles. The SMILES string of the molecule is CCC(CC)C(C)NCc1ccccc1O. The van der Waals surface area contributed by atoms with E-state index < -0.39 is 0 Å². The van der Waals surface area contributed by atoms with Crippen LogP contribution in [-0.4, -0.2) is 11.1 Å². The summed E-state index contributed by atoms with van der Waals surface area (Å²) in [5.74, 6) is 1.10. The van der Waals surface area contributed by atoms with Crippen molar-refractivity contribution in [1.29, 1.82) is 0 Å². The van der Waals surface area contributed by atoms with Crippen LogP contribution in [0.15, 0.2) is 24.3 Å². The smallest absolute Gasteiger partial charge is 0.120 e. The van der Waals surface area contributed by atoms with Crippen molar-refractivity contribution in [2.45, 2.75) is 46.2 Å². The van der Waals surface area contributed by atoms with Crippen molar-refractivity contribution in [3.63, 3.8) is 0 Å². The summed E-state index contributed by atoms with van der Waals surface area (Å²) >= 11 is 0. The molecule has 0 aliphatic heterocycles. The molecule has 0 aromatic heterocycles. The third kappa shape index (κ3) is 3.53. The molecule has 0 heterocycles. The van der Waals surface area contributed by atoms with Gasteiger partial charge in [0.05, 0.1) is 0 Å². The number of benzene rings is 1. The van der Waals surface area contributed by atoms with Crippen molar-refractivity contribution < 1.29 is 5.11 Å². The highest BCUT2D eigenvalue weighted by Crippen LogP contribution is 2.17. The molecule has 1 atom stereocenters. The zero-order chi connectivity index (χ0) is 12.0. The standard InChI is InChI=1S/C14H23NO/c1-4-12(5-2)11(3)15-10-13-8-6-7-9-14(13)16/h6-9,11-12,15-16H,4-5,10H2,1-3H3. The van der Waals surface area contributed by atoms with Crippen LogP contribution < -0.4 is 5.32 Å². The van der Waals surface area contributed by atoms with E-state index >= 15 is 0 Å². The fraction of sp³-hybridized carbons (Fsp3) is 0.571. The molecule has 1 unspecified atom stereocenters. The summed E-state index contributed by atoms with van der Waals surface area (Å²) in [6.07, 6.45) is 2.40. The lowest BCUT2D eigenvalue weighted by molar-refractivity contribution is 0.350. The third-order valence-electron chi connectivity index (χ3n) is 3.36. The first kappa shape index (κ1) is 13.0. The second kappa shape index (κ2) is 6.54.